The van der Waals surface area contributed by atoms with Crippen LogP contribution in [0.2, 0.25) is 0 Å². The monoisotopic (exact) mass is 331 g/mol. The van der Waals surface area contributed by atoms with E-state index >= 15 is 0 Å². The van der Waals surface area contributed by atoms with Gasteiger partial charge in [-0.25, -0.2) is 4.98 Å². The Morgan fingerprint density at radius 3 is 2.75 bits per heavy atom. The Hall–Kier alpha value is -2.06. The summed E-state index contributed by atoms with van der Waals surface area (Å²) in [5.74, 6) is 1.05. The zero-order valence-corrected chi connectivity index (χ0v) is 12.6. The highest BCUT2D eigenvalue weighted by molar-refractivity contribution is 9.10. The van der Waals surface area contributed by atoms with Crippen LogP contribution in [0.5, 0.6) is 5.75 Å². The van der Waals surface area contributed by atoms with Gasteiger partial charge in [0.05, 0.1) is 5.56 Å². The SMILES string of the molecule is CCN(Cc1cc(Br)ccc1O)c1ccc(C#N)cn1. The van der Waals surface area contributed by atoms with Crippen molar-refractivity contribution in [2.24, 2.45) is 0 Å². The molecule has 0 aliphatic carbocycles. The summed E-state index contributed by atoms with van der Waals surface area (Å²) < 4.78 is 0.925. The molecule has 1 N–H and O–H groups in total. The number of aromatic hydroxyl groups is 1. The Morgan fingerprint density at radius 1 is 1.35 bits per heavy atom. The lowest BCUT2D eigenvalue weighted by Gasteiger charge is -2.22. The molecule has 0 saturated heterocycles. The molecular weight excluding hydrogens is 318 g/mol. The molecule has 0 saturated carbocycles. The van der Waals surface area contributed by atoms with Crippen molar-refractivity contribution in [1.29, 1.82) is 5.26 Å². The molecule has 0 fully saturated rings. The second-order valence-electron chi connectivity index (χ2n) is 4.30. The van der Waals surface area contributed by atoms with Crippen LogP contribution >= 0.6 is 15.9 Å². The summed E-state index contributed by atoms with van der Waals surface area (Å²) in [5.41, 5.74) is 1.36. The van der Waals surface area contributed by atoms with E-state index in [4.69, 9.17) is 5.26 Å². The van der Waals surface area contributed by atoms with Gasteiger partial charge in [-0.1, -0.05) is 15.9 Å². The number of pyridine rings is 1. The number of halogens is 1. The van der Waals surface area contributed by atoms with Crippen LogP contribution < -0.4 is 4.90 Å². The molecule has 1 heterocycles. The molecule has 20 heavy (non-hydrogen) atoms. The highest BCUT2D eigenvalue weighted by Crippen LogP contribution is 2.24. The van der Waals surface area contributed by atoms with Crippen molar-refractivity contribution >= 4 is 21.7 Å². The van der Waals surface area contributed by atoms with Gasteiger partial charge in [0.15, 0.2) is 0 Å². The normalized spacial score (nSPS) is 10.1. The molecule has 0 amide bonds. The van der Waals surface area contributed by atoms with Gasteiger partial charge < -0.3 is 10.0 Å². The average Bonchev–Trinajstić information content (AvgIpc) is 2.48. The Morgan fingerprint density at radius 2 is 2.15 bits per heavy atom. The van der Waals surface area contributed by atoms with Crippen LogP contribution in [-0.2, 0) is 6.54 Å². The summed E-state index contributed by atoms with van der Waals surface area (Å²) in [6.45, 7) is 3.33. The fraction of sp³-hybridized carbons (Fsp3) is 0.200. The summed E-state index contributed by atoms with van der Waals surface area (Å²) in [4.78, 5) is 6.31. The van der Waals surface area contributed by atoms with Gasteiger partial charge in [-0.15, -0.1) is 0 Å². The first-order valence-electron chi connectivity index (χ1n) is 6.22. The number of hydrogen-bond acceptors (Lipinski definition) is 4. The van der Waals surface area contributed by atoms with Crippen molar-refractivity contribution in [3.8, 4) is 11.8 Å². The molecule has 1 aromatic heterocycles. The van der Waals surface area contributed by atoms with E-state index in [2.05, 4.69) is 27.0 Å². The van der Waals surface area contributed by atoms with E-state index in [1.165, 1.54) is 0 Å². The van der Waals surface area contributed by atoms with Crippen LogP contribution in [0.25, 0.3) is 0 Å². The first-order chi connectivity index (χ1) is 9.63. The van der Waals surface area contributed by atoms with Gasteiger partial charge in [0, 0.05) is 29.3 Å². The maximum atomic E-state index is 9.90. The van der Waals surface area contributed by atoms with E-state index in [-0.39, 0.29) is 5.75 Å². The van der Waals surface area contributed by atoms with E-state index in [0.717, 1.165) is 22.4 Å². The number of aromatic nitrogens is 1. The third kappa shape index (κ3) is 3.28. The highest BCUT2D eigenvalue weighted by Gasteiger charge is 2.10. The quantitative estimate of drug-likeness (QED) is 0.932. The van der Waals surface area contributed by atoms with Gasteiger partial charge in [0.25, 0.3) is 0 Å². The van der Waals surface area contributed by atoms with E-state index in [0.29, 0.717) is 12.1 Å². The summed E-state index contributed by atoms with van der Waals surface area (Å²) >= 11 is 3.40. The third-order valence-corrected chi connectivity index (χ3v) is 3.48. The molecule has 2 aromatic rings. The van der Waals surface area contributed by atoms with Gasteiger partial charge in [-0.3, -0.25) is 0 Å². The number of phenols is 1. The van der Waals surface area contributed by atoms with Crippen LogP contribution in [0.4, 0.5) is 5.82 Å². The molecule has 5 heteroatoms. The minimum absolute atomic E-state index is 0.264. The van der Waals surface area contributed by atoms with Gasteiger partial charge in [0.1, 0.15) is 17.6 Å². The molecule has 102 valence electrons. The molecule has 2 rings (SSSR count). The van der Waals surface area contributed by atoms with E-state index in [1.807, 2.05) is 24.0 Å². The van der Waals surface area contributed by atoms with E-state index < -0.39 is 0 Å². The zero-order chi connectivity index (χ0) is 14.5. The maximum absolute atomic E-state index is 9.90. The molecule has 0 unspecified atom stereocenters. The summed E-state index contributed by atoms with van der Waals surface area (Å²) in [7, 11) is 0. The molecule has 0 aliphatic rings. The number of nitriles is 1. The van der Waals surface area contributed by atoms with E-state index in [1.54, 1.807) is 24.4 Å². The van der Waals surface area contributed by atoms with Crippen molar-refractivity contribution in [3.05, 3.63) is 52.1 Å². The van der Waals surface area contributed by atoms with Crippen LogP contribution in [-0.4, -0.2) is 16.6 Å². The number of phenolic OH excluding ortho intramolecular Hbond substituents is 1. The Balaban J connectivity index is 2.24. The highest BCUT2D eigenvalue weighted by atomic mass is 79.9. The fourth-order valence-corrected chi connectivity index (χ4v) is 2.29. The lowest BCUT2D eigenvalue weighted by Crippen LogP contribution is -2.23. The third-order valence-electron chi connectivity index (χ3n) is 2.99. The second kappa shape index (κ2) is 6.40. The number of hydrogen-bond donors (Lipinski definition) is 1. The van der Waals surface area contributed by atoms with Gasteiger partial charge in [-0.05, 0) is 37.3 Å². The largest absolute Gasteiger partial charge is 0.508 e. The summed E-state index contributed by atoms with van der Waals surface area (Å²) in [6, 6.07) is 11.0. The predicted molar refractivity (Wildman–Crippen MR) is 81.5 cm³/mol. The molecule has 0 spiro atoms. The lowest BCUT2D eigenvalue weighted by molar-refractivity contribution is 0.467. The van der Waals surface area contributed by atoms with Crippen molar-refractivity contribution in [2.45, 2.75) is 13.5 Å². The smallest absolute Gasteiger partial charge is 0.128 e. The van der Waals surface area contributed by atoms with Crippen LogP contribution in [0.1, 0.15) is 18.1 Å². The van der Waals surface area contributed by atoms with Crippen LogP contribution in [0.3, 0.4) is 0 Å². The predicted octanol–water partition coefficient (Wildman–Crippen LogP) is 3.45. The second-order valence-corrected chi connectivity index (χ2v) is 5.22. The van der Waals surface area contributed by atoms with Crippen molar-refractivity contribution in [1.82, 2.24) is 4.98 Å². The topological polar surface area (TPSA) is 60.1 Å². The molecular formula is C15H14BrN3O. The van der Waals surface area contributed by atoms with Crippen molar-refractivity contribution in [2.75, 3.05) is 11.4 Å². The number of anilines is 1. The first-order valence-corrected chi connectivity index (χ1v) is 7.02. The molecule has 0 aliphatic heterocycles. The minimum Gasteiger partial charge on any atom is -0.508 e. The number of rotatable bonds is 4. The van der Waals surface area contributed by atoms with Crippen molar-refractivity contribution in [3.63, 3.8) is 0 Å². The number of benzene rings is 1. The van der Waals surface area contributed by atoms with Gasteiger partial charge in [-0.2, -0.15) is 5.26 Å². The maximum Gasteiger partial charge on any atom is 0.128 e. The molecule has 0 radical (unpaired) electrons. The average molecular weight is 332 g/mol. The standard InChI is InChI=1S/C15H14BrN3O/c1-2-19(15-6-3-11(8-17)9-18-15)10-12-7-13(16)4-5-14(12)20/h3-7,9,20H,2,10H2,1H3. The van der Waals surface area contributed by atoms with Crippen LogP contribution in [0.15, 0.2) is 41.0 Å². The molecule has 4 nitrogen and oxygen atoms in total. The minimum atomic E-state index is 0.264. The lowest BCUT2D eigenvalue weighted by atomic mass is 10.2. The van der Waals surface area contributed by atoms with E-state index in [9.17, 15) is 5.11 Å². The molecule has 0 atom stereocenters. The zero-order valence-electron chi connectivity index (χ0n) is 11.0. The Bertz CT molecular complexity index is 635. The summed E-state index contributed by atoms with van der Waals surface area (Å²) in [6.07, 6.45) is 1.55. The first kappa shape index (κ1) is 14.4. The van der Waals surface area contributed by atoms with Gasteiger partial charge >= 0.3 is 0 Å². The fourth-order valence-electron chi connectivity index (χ4n) is 1.88. The van der Waals surface area contributed by atoms with Crippen molar-refractivity contribution < 1.29 is 5.11 Å². The Kier molecular flexibility index (Phi) is 4.59. The van der Waals surface area contributed by atoms with Crippen LogP contribution in [0, 0.1) is 11.3 Å². The Labute approximate surface area is 126 Å². The number of nitrogens with zero attached hydrogens (tertiary/aromatic N) is 3. The molecule has 0 bridgehead atoms. The molecule has 1 aromatic carbocycles. The summed E-state index contributed by atoms with van der Waals surface area (Å²) in [5, 5.41) is 18.7. The van der Waals surface area contributed by atoms with Gasteiger partial charge in [0.2, 0.25) is 0 Å².